The Morgan fingerprint density at radius 3 is 2.28 bits per heavy atom. The van der Waals surface area contributed by atoms with Crippen LogP contribution in [0.5, 0.6) is 23.0 Å². The van der Waals surface area contributed by atoms with Gasteiger partial charge in [0.1, 0.15) is 11.5 Å². The van der Waals surface area contributed by atoms with Gasteiger partial charge in [-0.25, -0.2) is 4.98 Å². The molecule has 0 aliphatic heterocycles. The highest BCUT2D eigenvalue weighted by atomic mass is 32.1. The monoisotopic (exact) mass is 505 g/mol. The van der Waals surface area contributed by atoms with Crippen molar-refractivity contribution in [2.45, 2.75) is 6.42 Å². The fourth-order valence-electron chi connectivity index (χ4n) is 3.74. The normalized spacial score (nSPS) is 10.6. The molecule has 0 bridgehead atoms. The van der Waals surface area contributed by atoms with E-state index in [2.05, 4.69) is 4.98 Å². The van der Waals surface area contributed by atoms with Crippen LogP contribution in [-0.4, -0.2) is 50.9 Å². The standard InChI is InChI=1S/C27H27N3O5S/c1-32-20-6-8-23(33-2)21(16-20)22-17-36-27(29-22)30(26(31)19-9-12-28-13-10-19)14-11-18-5-7-24(34-3)25(15-18)35-4/h5-10,12-13,15-17H,11,14H2,1-4H3. The van der Waals surface area contributed by atoms with Gasteiger partial charge in [-0.2, -0.15) is 0 Å². The first-order chi connectivity index (χ1) is 17.6. The lowest BCUT2D eigenvalue weighted by Crippen LogP contribution is -2.33. The third-order valence-corrected chi connectivity index (χ3v) is 6.51. The van der Waals surface area contributed by atoms with Crippen molar-refractivity contribution in [2.75, 3.05) is 39.9 Å². The van der Waals surface area contributed by atoms with Crippen molar-refractivity contribution >= 4 is 22.4 Å². The van der Waals surface area contributed by atoms with E-state index in [-0.39, 0.29) is 5.91 Å². The fourth-order valence-corrected chi connectivity index (χ4v) is 4.59. The van der Waals surface area contributed by atoms with E-state index in [0.29, 0.717) is 52.4 Å². The molecule has 0 aliphatic rings. The van der Waals surface area contributed by atoms with E-state index < -0.39 is 0 Å². The first kappa shape index (κ1) is 25.0. The Hall–Kier alpha value is -4.11. The van der Waals surface area contributed by atoms with Crippen LogP contribution in [0.15, 0.2) is 66.3 Å². The van der Waals surface area contributed by atoms with Crippen LogP contribution in [0, 0.1) is 0 Å². The van der Waals surface area contributed by atoms with Crippen LogP contribution in [-0.2, 0) is 6.42 Å². The number of rotatable bonds is 10. The van der Waals surface area contributed by atoms with Gasteiger partial charge in [0.15, 0.2) is 16.6 Å². The molecule has 0 atom stereocenters. The van der Waals surface area contributed by atoms with Crippen molar-refractivity contribution < 1.29 is 23.7 Å². The smallest absolute Gasteiger partial charge is 0.260 e. The summed E-state index contributed by atoms with van der Waals surface area (Å²) < 4.78 is 21.7. The maximum atomic E-state index is 13.5. The second kappa shape index (κ2) is 11.5. The summed E-state index contributed by atoms with van der Waals surface area (Å²) in [5.41, 5.74) is 3.03. The SMILES string of the molecule is COc1ccc(OC)c(-c2csc(N(CCc3ccc(OC)c(OC)c3)C(=O)c3ccncc3)n2)c1. The molecule has 0 N–H and O–H groups in total. The topological polar surface area (TPSA) is 83.0 Å². The van der Waals surface area contributed by atoms with Gasteiger partial charge in [0.25, 0.3) is 5.91 Å². The summed E-state index contributed by atoms with van der Waals surface area (Å²) >= 11 is 1.39. The van der Waals surface area contributed by atoms with Crippen molar-refractivity contribution in [3.63, 3.8) is 0 Å². The van der Waals surface area contributed by atoms with Gasteiger partial charge >= 0.3 is 0 Å². The van der Waals surface area contributed by atoms with Crippen LogP contribution in [0.25, 0.3) is 11.3 Å². The number of amides is 1. The van der Waals surface area contributed by atoms with E-state index >= 15 is 0 Å². The molecule has 2 heterocycles. The summed E-state index contributed by atoms with van der Waals surface area (Å²) in [5, 5.41) is 2.49. The van der Waals surface area contributed by atoms with Crippen molar-refractivity contribution in [3.05, 3.63) is 77.4 Å². The molecule has 0 saturated carbocycles. The van der Waals surface area contributed by atoms with Crippen LogP contribution in [0.1, 0.15) is 15.9 Å². The minimum Gasteiger partial charge on any atom is -0.497 e. The first-order valence-corrected chi connectivity index (χ1v) is 12.1. The van der Waals surface area contributed by atoms with E-state index in [1.54, 1.807) is 57.9 Å². The molecular formula is C27H27N3O5S. The zero-order valence-corrected chi connectivity index (χ0v) is 21.4. The molecule has 8 nitrogen and oxygen atoms in total. The highest BCUT2D eigenvalue weighted by molar-refractivity contribution is 7.14. The minimum atomic E-state index is -0.156. The summed E-state index contributed by atoms with van der Waals surface area (Å²) in [7, 11) is 6.43. The zero-order valence-electron chi connectivity index (χ0n) is 20.6. The number of thiazole rings is 1. The number of carbonyl (C=O) groups excluding carboxylic acids is 1. The van der Waals surface area contributed by atoms with E-state index in [1.165, 1.54) is 11.3 Å². The van der Waals surface area contributed by atoms with Gasteiger partial charge < -0.3 is 18.9 Å². The van der Waals surface area contributed by atoms with Gasteiger partial charge in [-0.1, -0.05) is 6.07 Å². The molecule has 0 fully saturated rings. The van der Waals surface area contributed by atoms with E-state index in [1.807, 2.05) is 41.8 Å². The van der Waals surface area contributed by atoms with Crippen molar-refractivity contribution in [1.82, 2.24) is 9.97 Å². The van der Waals surface area contributed by atoms with Crippen LogP contribution in [0.3, 0.4) is 0 Å². The Balaban J connectivity index is 1.67. The predicted octanol–water partition coefficient (Wildman–Crippen LogP) is 5.13. The molecule has 0 spiro atoms. The van der Waals surface area contributed by atoms with Crippen LogP contribution >= 0.6 is 11.3 Å². The van der Waals surface area contributed by atoms with Gasteiger partial charge in [0.2, 0.25) is 0 Å². The molecule has 4 aromatic rings. The van der Waals surface area contributed by atoms with Crippen molar-refractivity contribution in [2.24, 2.45) is 0 Å². The average Bonchev–Trinajstić information content (AvgIpc) is 3.42. The summed E-state index contributed by atoms with van der Waals surface area (Å²) in [6.45, 7) is 0.416. The Morgan fingerprint density at radius 2 is 1.58 bits per heavy atom. The highest BCUT2D eigenvalue weighted by Crippen LogP contribution is 2.36. The predicted molar refractivity (Wildman–Crippen MR) is 140 cm³/mol. The molecule has 9 heteroatoms. The minimum absolute atomic E-state index is 0.156. The van der Waals surface area contributed by atoms with Gasteiger partial charge in [-0.3, -0.25) is 14.7 Å². The molecular weight excluding hydrogens is 478 g/mol. The lowest BCUT2D eigenvalue weighted by atomic mass is 10.1. The van der Waals surface area contributed by atoms with Crippen LogP contribution in [0.2, 0.25) is 0 Å². The summed E-state index contributed by atoms with van der Waals surface area (Å²) in [6.07, 6.45) is 3.80. The van der Waals surface area contributed by atoms with E-state index in [0.717, 1.165) is 11.1 Å². The molecule has 2 aromatic heterocycles. The van der Waals surface area contributed by atoms with E-state index in [4.69, 9.17) is 23.9 Å². The molecule has 1 amide bonds. The van der Waals surface area contributed by atoms with Gasteiger partial charge in [0.05, 0.1) is 34.1 Å². The number of benzene rings is 2. The molecule has 2 aromatic carbocycles. The quantitative estimate of drug-likeness (QED) is 0.295. The molecule has 0 radical (unpaired) electrons. The number of anilines is 1. The largest absolute Gasteiger partial charge is 0.497 e. The molecule has 0 aliphatic carbocycles. The number of pyridine rings is 1. The van der Waals surface area contributed by atoms with Gasteiger partial charge in [-0.05, 0) is 54.4 Å². The number of ether oxygens (including phenoxy) is 4. The maximum Gasteiger partial charge on any atom is 0.260 e. The number of hydrogen-bond donors (Lipinski definition) is 0. The van der Waals surface area contributed by atoms with Crippen molar-refractivity contribution in [1.29, 1.82) is 0 Å². The number of nitrogens with zero attached hydrogens (tertiary/aromatic N) is 3. The summed E-state index contributed by atoms with van der Waals surface area (Å²) in [6, 6.07) is 14.7. The Kier molecular flexibility index (Phi) is 8.02. The van der Waals surface area contributed by atoms with Gasteiger partial charge in [-0.15, -0.1) is 11.3 Å². The molecule has 4 rings (SSSR count). The van der Waals surface area contributed by atoms with Crippen molar-refractivity contribution in [3.8, 4) is 34.3 Å². The Labute approximate surface area is 214 Å². The second-order valence-corrected chi connectivity index (χ2v) is 8.55. The third-order valence-electron chi connectivity index (χ3n) is 5.65. The molecule has 186 valence electrons. The number of methoxy groups -OCH3 is 4. The summed E-state index contributed by atoms with van der Waals surface area (Å²) in [4.78, 5) is 24.1. The maximum absolute atomic E-state index is 13.5. The Bertz CT molecular complexity index is 1330. The zero-order chi connectivity index (χ0) is 25.5. The number of carbonyl (C=O) groups is 1. The van der Waals surface area contributed by atoms with Crippen LogP contribution < -0.4 is 23.8 Å². The fraction of sp³-hybridized carbons (Fsp3) is 0.222. The molecule has 0 saturated heterocycles. The summed E-state index contributed by atoms with van der Waals surface area (Å²) in [5.74, 6) is 2.51. The molecule has 36 heavy (non-hydrogen) atoms. The van der Waals surface area contributed by atoms with Crippen LogP contribution in [0.4, 0.5) is 5.13 Å². The second-order valence-electron chi connectivity index (χ2n) is 7.71. The number of hydrogen-bond acceptors (Lipinski definition) is 8. The Morgan fingerprint density at radius 1 is 0.861 bits per heavy atom. The number of aromatic nitrogens is 2. The lowest BCUT2D eigenvalue weighted by molar-refractivity contribution is 0.0987. The first-order valence-electron chi connectivity index (χ1n) is 11.2. The average molecular weight is 506 g/mol. The third kappa shape index (κ3) is 5.41. The molecule has 0 unspecified atom stereocenters. The lowest BCUT2D eigenvalue weighted by Gasteiger charge is -2.20. The van der Waals surface area contributed by atoms with Gasteiger partial charge in [0, 0.05) is 35.4 Å². The highest BCUT2D eigenvalue weighted by Gasteiger charge is 2.22. The van der Waals surface area contributed by atoms with E-state index in [9.17, 15) is 4.79 Å².